The lowest BCUT2D eigenvalue weighted by molar-refractivity contribution is -0.160. The van der Waals surface area contributed by atoms with E-state index >= 15 is 0 Å². The molecule has 3 aromatic rings. The monoisotopic (exact) mass is 465 g/mol. The molecular formula is C24H27N5O5. The third-order valence-corrected chi connectivity index (χ3v) is 6.08. The van der Waals surface area contributed by atoms with E-state index in [-0.39, 0.29) is 19.0 Å². The Kier molecular flexibility index (Phi) is 6.67. The maximum atomic E-state index is 13.4. The van der Waals surface area contributed by atoms with Crippen molar-refractivity contribution in [2.75, 3.05) is 14.2 Å². The Morgan fingerprint density at radius 2 is 1.91 bits per heavy atom. The van der Waals surface area contributed by atoms with Crippen LogP contribution in [0.1, 0.15) is 17.0 Å². The van der Waals surface area contributed by atoms with Crippen LogP contribution in [-0.4, -0.2) is 68.0 Å². The molecule has 34 heavy (non-hydrogen) atoms. The lowest BCUT2D eigenvalue weighted by Gasteiger charge is -2.50. The highest BCUT2D eigenvalue weighted by Gasteiger charge is 2.52. The van der Waals surface area contributed by atoms with Crippen molar-refractivity contribution in [1.29, 1.82) is 0 Å². The van der Waals surface area contributed by atoms with E-state index in [9.17, 15) is 14.7 Å². The Balaban J connectivity index is 1.64. The smallest absolute Gasteiger partial charge is 0.408 e. The van der Waals surface area contributed by atoms with Crippen molar-refractivity contribution in [3.8, 4) is 11.5 Å². The molecule has 1 aliphatic heterocycles. The maximum Gasteiger partial charge on any atom is 0.408 e. The SMILES string of the molecule is COc1ccc(CN2C(=O)[C@@H](N(Cc3ccccc3)C(=O)O)[C@@H]2Cn2ncnc2C)c(OC)c1. The third kappa shape index (κ3) is 4.52. The summed E-state index contributed by atoms with van der Waals surface area (Å²) >= 11 is 0. The molecule has 10 heteroatoms. The second-order valence-electron chi connectivity index (χ2n) is 8.04. The van der Waals surface area contributed by atoms with Crippen molar-refractivity contribution < 1.29 is 24.2 Å². The number of carboxylic acid groups (broad SMARTS) is 1. The zero-order valence-electron chi connectivity index (χ0n) is 19.3. The van der Waals surface area contributed by atoms with Crippen LogP contribution in [0.5, 0.6) is 11.5 Å². The normalized spacial score (nSPS) is 17.3. The fourth-order valence-electron chi connectivity index (χ4n) is 4.23. The zero-order valence-corrected chi connectivity index (χ0v) is 19.3. The first-order chi connectivity index (χ1) is 16.4. The van der Waals surface area contributed by atoms with Gasteiger partial charge in [0, 0.05) is 24.7 Å². The van der Waals surface area contributed by atoms with Crippen LogP contribution in [0.2, 0.25) is 0 Å². The minimum absolute atomic E-state index is 0.110. The van der Waals surface area contributed by atoms with Crippen molar-refractivity contribution in [1.82, 2.24) is 24.6 Å². The summed E-state index contributed by atoms with van der Waals surface area (Å²) in [6.45, 7) is 2.51. The number of carbonyl (C=O) groups is 2. The number of methoxy groups -OCH3 is 2. The molecule has 0 radical (unpaired) electrons. The summed E-state index contributed by atoms with van der Waals surface area (Å²) < 4.78 is 12.4. The number of amides is 2. The van der Waals surface area contributed by atoms with Crippen molar-refractivity contribution in [2.24, 2.45) is 0 Å². The fraction of sp³-hybridized carbons (Fsp3) is 0.333. The van der Waals surface area contributed by atoms with E-state index in [1.54, 1.807) is 35.9 Å². The van der Waals surface area contributed by atoms with Gasteiger partial charge in [-0.25, -0.2) is 14.5 Å². The molecule has 178 valence electrons. The van der Waals surface area contributed by atoms with Gasteiger partial charge in [-0.1, -0.05) is 30.3 Å². The molecule has 2 atom stereocenters. The molecule has 1 saturated heterocycles. The standard InChI is InChI=1S/C24H27N5O5/c1-16-25-15-26-29(16)14-20-22(28(24(31)32)12-17-7-5-4-6-8-17)23(30)27(20)13-18-9-10-19(33-2)11-21(18)34-3/h4-11,15,20,22H,12-14H2,1-3H3,(H,31,32)/t20-,22-/m0/s1. The minimum atomic E-state index is -1.15. The zero-order chi connectivity index (χ0) is 24.2. The highest BCUT2D eigenvalue weighted by Crippen LogP contribution is 2.33. The molecule has 1 aromatic heterocycles. The minimum Gasteiger partial charge on any atom is -0.497 e. The fourth-order valence-corrected chi connectivity index (χ4v) is 4.23. The summed E-state index contributed by atoms with van der Waals surface area (Å²) in [4.78, 5) is 32.6. The number of hydrogen-bond donors (Lipinski definition) is 1. The van der Waals surface area contributed by atoms with Gasteiger partial charge in [0.1, 0.15) is 29.7 Å². The van der Waals surface area contributed by atoms with Gasteiger partial charge in [-0.2, -0.15) is 5.10 Å². The summed E-state index contributed by atoms with van der Waals surface area (Å²) in [6, 6.07) is 13.4. The number of hydrogen-bond acceptors (Lipinski definition) is 6. The molecule has 0 spiro atoms. The molecule has 0 bridgehead atoms. The van der Waals surface area contributed by atoms with Gasteiger partial charge >= 0.3 is 6.09 Å². The van der Waals surface area contributed by atoms with E-state index in [2.05, 4.69) is 10.1 Å². The van der Waals surface area contributed by atoms with Crippen LogP contribution in [0.4, 0.5) is 4.79 Å². The number of likely N-dealkylation sites (tertiary alicyclic amines) is 1. The summed E-state index contributed by atoms with van der Waals surface area (Å²) in [5, 5.41) is 14.2. The van der Waals surface area contributed by atoms with Gasteiger partial charge in [0.15, 0.2) is 0 Å². The second-order valence-corrected chi connectivity index (χ2v) is 8.04. The third-order valence-electron chi connectivity index (χ3n) is 6.08. The van der Waals surface area contributed by atoms with Crippen LogP contribution in [-0.2, 0) is 24.4 Å². The van der Waals surface area contributed by atoms with Crippen LogP contribution >= 0.6 is 0 Å². The molecule has 1 fully saturated rings. The van der Waals surface area contributed by atoms with E-state index in [0.29, 0.717) is 23.9 Å². The molecule has 2 aromatic carbocycles. The molecule has 0 unspecified atom stereocenters. The van der Waals surface area contributed by atoms with Crippen LogP contribution in [0.25, 0.3) is 0 Å². The number of benzene rings is 2. The van der Waals surface area contributed by atoms with E-state index in [0.717, 1.165) is 11.1 Å². The number of carbonyl (C=O) groups excluding carboxylic acids is 1. The molecule has 1 aliphatic rings. The first-order valence-corrected chi connectivity index (χ1v) is 10.8. The van der Waals surface area contributed by atoms with Crippen LogP contribution < -0.4 is 9.47 Å². The summed E-state index contributed by atoms with van der Waals surface area (Å²) in [7, 11) is 3.13. The first kappa shape index (κ1) is 23.1. The molecule has 4 rings (SSSR count). The Hall–Kier alpha value is -4.08. The van der Waals surface area contributed by atoms with Gasteiger partial charge in [0.05, 0.1) is 26.8 Å². The number of β-lactam (4-membered cyclic amide) rings is 1. The maximum absolute atomic E-state index is 13.4. The number of nitrogens with zero attached hydrogens (tertiary/aromatic N) is 5. The van der Waals surface area contributed by atoms with Gasteiger partial charge in [0.2, 0.25) is 5.91 Å². The summed E-state index contributed by atoms with van der Waals surface area (Å²) in [6.07, 6.45) is 0.296. The highest BCUT2D eigenvalue weighted by molar-refractivity contribution is 5.92. The molecule has 2 heterocycles. The lowest BCUT2D eigenvalue weighted by atomic mass is 9.91. The van der Waals surface area contributed by atoms with E-state index in [1.165, 1.54) is 11.2 Å². The summed E-state index contributed by atoms with van der Waals surface area (Å²) in [5.41, 5.74) is 1.60. The second kappa shape index (κ2) is 9.82. The number of aryl methyl sites for hydroxylation is 1. The Bertz CT molecular complexity index is 1170. The largest absolute Gasteiger partial charge is 0.497 e. The van der Waals surface area contributed by atoms with E-state index in [1.807, 2.05) is 43.3 Å². The Morgan fingerprint density at radius 1 is 1.15 bits per heavy atom. The van der Waals surface area contributed by atoms with Gasteiger partial charge < -0.3 is 19.5 Å². The van der Waals surface area contributed by atoms with Crippen LogP contribution in [0, 0.1) is 6.92 Å². The Morgan fingerprint density at radius 3 is 2.53 bits per heavy atom. The van der Waals surface area contributed by atoms with Crippen molar-refractivity contribution in [3.63, 3.8) is 0 Å². The van der Waals surface area contributed by atoms with Gasteiger partial charge in [-0.3, -0.25) is 9.69 Å². The van der Waals surface area contributed by atoms with Gasteiger partial charge in [0.25, 0.3) is 0 Å². The number of ether oxygens (including phenoxy) is 2. The number of aromatic nitrogens is 3. The molecule has 1 N–H and O–H groups in total. The van der Waals surface area contributed by atoms with Crippen LogP contribution in [0.3, 0.4) is 0 Å². The van der Waals surface area contributed by atoms with Crippen LogP contribution in [0.15, 0.2) is 54.9 Å². The average Bonchev–Trinajstić information content (AvgIpc) is 3.26. The van der Waals surface area contributed by atoms with E-state index < -0.39 is 18.2 Å². The lowest BCUT2D eigenvalue weighted by Crippen LogP contribution is -2.71. The molecule has 0 saturated carbocycles. The molecular weight excluding hydrogens is 438 g/mol. The topological polar surface area (TPSA) is 110 Å². The van der Waals surface area contributed by atoms with Gasteiger partial charge in [-0.15, -0.1) is 0 Å². The summed E-state index contributed by atoms with van der Waals surface area (Å²) in [5.74, 6) is 1.65. The quantitative estimate of drug-likeness (QED) is 0.484. The highest BCUT2D eigenvalue weighted by atomic mass is 16.5. The molecule has 0 aliphatic carbocycles. The van der Waals surface area contributed by atoms with E-state index in [4.69, 9.17) is 9.47 Å². The average molecular weight is 466 g/mol. The molecule has 10 nitrogen and oxygen atoms in total. The molecule has 2 amide bonds. The number of rotatable bonds is 9. The predicted molar refractivity (Wildman–Crippen MR) is 122 cm³/mol. The van der Waals surface area contributed by atoms with Crippen molar-refractivity contribution in [2.45, 2.75) is 38.6 Å². The van der Waals surface area contributed by atoms with Gasteiger partial charge in [-0.05, 0) is 24.6 Å². The predicted octanol–water partition coefficient (Wildman–Crippen LogP) is 2.56. The van der Waals surface area contributed by atoms with Crippen molar-refractivity contribution in [3.05, 3.63) is 71.8 Å². The first-order valence-electron chi connectivity index (χ1n) is 10.8. The Labute approximate surface area is 197 Å². The van der Waals surface area contributed by atoms with Crippen molar-refractivity contribution >= 4 is 12.0 Å².